The third kappa shape index (κ3) is 3.09. The third-order valence-electron chi connectivity index (χ3n) is 1.87. The average molecular weight is 227 g/mol. The lowest BCUT2D eigenvalue weighted by Gasteiger charge is -2.15. The fourth-order valence-electron chi connectivity index (χ4n) is 1.08. The molecule has 7 heteroatoms. The normalized spacial score (nSPS) is 11.2. The Balaban J connectivity index is 2.78. The molecular weight excluding hydrogens is 214 g/mol. The molecule has 0 saturated carbocycles. The molecule has 0 radical (unpaired) electrons. The molecular formula is C9H13N3O4. The summed E-state index contributed by atoms with van der Waals surface area (Å²) in [5.74, 6) is -3.61. The van der Waals surface area contributed by atoms with Crippen molar-refractivity contribution in [3.8, 4) is 0 Å². The average Bonchev–Trinajstić information content (AvgIpc) is 2.17. The smallest absolute Gasteiger partial charge is 0.293 e. The summed E-state index contributed by atoms with van der Waals surface area (Å²) in [6.07, 6.45) is 0. The van der Waals surface area contributed by atoms with Crippen molar-refractivity contribution < 1.29 is 20.1 Å². The number of amides is 1. The standard InChI is InChI=1S/C9H13N3O4/c10-6-3-1-2-5(7(6)11)8(13)12-4-9(14,15)16/h1-3,14-16H,4,10-11H2,(H,12,13). The van der Waals surface area contributed by atoms with Gasteiger partial charge >= 0.3 is 0 Å². The Kier molecular flexibility index (Phi) is 3.33. The zero-order valence-electron chi connectivity index (χ0n) is 8.34. The molecule has 0 aliphatic carbocycles. The number of rotatable bonds is 3. The molecule has 0 unspecified atom stereocenters. The molecule has 0 bridgehead atoms. The van der Waals surface area contributed by atoms with Crippen LogP contribution in [0.15, 0.2) is 18.2 Å². The van der Waals surface area contributed by atoms with Crippen LogP contribution in [-0.4, -0.2) is 33.7 Å². The van der Waals surface area contributed by atoms with Gasteiger partial charge in [0.2, 0.25) is 0 Å². The summed E-state index contributed by atoms with van der Waals surface area (Å²) >= 11 is 0. The summed E-state index contributed by atoms with van der Waals surface area (Å²) < 4.78 is 0. The van der Waals surface area contributed by atoms with Gasteiger partial charge in [0.05, 0.1) is 23.5 Å². The van der Waals surface area contributed by atoms with Crippen LogP contribution < -0.4 is 16.8 Å². The maximum absolute atomic E-state index is 11.5. The maximum Gasteiger partial charge on any atom is 0.293 e. The van der Waals surface area contributed by atoms with E-state index in [1.165, 1.54) is 18.2 Å². The first kappa shape index (κ1) is 12.2. The number of nitrogens with two attached hydrogens (primary N) is 2. The van der Waals surface area contributed by atoms with Crippen molar-refractivity contribution in [2.24, 2.45) is 0 Å². The molecule has 0 spiro atoms. The van der Waals surface area contributed by atoms with Gasteiger partial charge in [0.15, 0.2) is 0 Å². The van der Waals surface area contributed by atoms with Crippen LogP contribution in [0.2, 0.25) is 0 Å². The topological polar surface area (TPSA) is 142 Å². The van der Waals surface area contributed by atoms with Crippen LogP contribution in [0, 0.1) is 0 Å². The highest BCUT2D eigenvalue weighted by atomic mass is 16.7. The fourth-order valence-corrected chi connectivity index (χ4v) is 1.08. The minimum absolute atomic E-state index is 0.0967. The largest absolute Gasteiger partial charge is 0.397 e. The van der Waals surface area contributed by atoms with Crippen molar-refractivity contribution in [1.82, 2.24) is 5.32 Å². The number of anilines is 2. The van der Waals surface area contributed by atoms with Crippen LogP contribution in [0.5, 0.6) is 0 Å². The van der Waals surface area contributed by atoms with Crippen LogP contribution in [-0.2, 0) is 0 Å². The van der Waals surface area contributed by atoms with E-state index < -0.39 is 18.4 Å². The first-order valence-corrected chi connectivity index (χ1v) is 4.40. The lowest BCUT2D eigenvalue weighted by atomic mass is 10.1. The Labute approximate surface area is 91.3 Å². The second-order valence-corrected chi connectivity index (χ2v) is 3.27. The van der Waals surface area contributed by atoms with E-state index >= 15 is 0 Å². The molecule has 0 aliphatic heterocycles. The highest BCUT2D eigenvalue weighted by molar-refractivity contribution is 6.01. The third-order valence-corrected chi connectivity index (χ3v) is 1.87. The van der Waals surface area contributed by atoms with Crippen molar-refractivity contribution in [2.45, 2.75) is 5.97 Å². The summed E-state index contributed by atoms with van der Waals surface area (Å²) in [6, 6.07) is 4.49. The highest BCUT2D eigenvalue weighted by Crippen LogP contribution is 2.19. The van der Waals surface area contributed by atoms with E-state index in [1.807, 2.05) is 0 Å². The molecule has 1 rings (SSSR count). The van der Waals surface area contributed by atoms with E-state index in [4.69, 9.17) is 26.8 Å². The molecule has 16 heavy (non-hydrogen) atoms. The Bertz CT molecular complexity index is 400. The van der Waals surface area contributed by atoms with E-state index in [9.17, 15) is 4.79 Å². The molecule has 0 saturated heterocycles. The highest BCUT2D eigenvalue weighted by Gasteiger charge is 2.20. The number of aliphatic hydroxyl groups is 3. The zero-order valence-corrected chi connectivity index (χ0v) is 8.34. The Hall–Kier alpha value is -1.83. The molecule has 0 heterocycles. The second-order valence-electron chi connectivity index (χ2n) is 3.27. The predicted octanol–water partition coefficient (Wildman–Crippen LogP) is -1.79. The molecule has 7 nitrogen and oxygen atoms in total. The van der Waals surface area contributed by atoms with Crippen molar-refractivity contribution in [2.75, 3.05) is 18.0 Å². The van der Waals surface area contributed by atoms with E-state index in [0.29, 0.717) is 0 Å². The lowest BCUT2D eigenvalue weighted by Crippen LogP contribution is -2.42. The van der Waals surface area contributed by atoms with Gasteiger partial charge in [0.25, 0.3) is 11.9 Å². The number of nitrogens with one attached hydrogen (secondary N) is 1. The maximum atomic E-state index is 11.5. The Morgan fingerprint density at radius 1 is 1.31 bits per heavy atom. The number of hydrogen-bond donors (Lipinski definition) is 6. The van der Waals surface area contributed by atoms with Gasteiger partial charge < -0.3 is 32.1 Å². The summed E-state index contributed by atoms with van der Waals surface area (Å²) in [6.45, 7) is -0.736. The molecule has 0 aliphatic rings. The minimum Gasteiger partial charge on any atom is -0.397 e. The molecule has 88 valence electrons. The second kappa shape index (κ2) is 4.35. The summed E-state index contributed by atoms with van der Waals surface area (Å²) in [7, 11) is 0. The van der Waals surface area contributed by atoms with Crippen LogP contribution in [0.1, 0.15) is 10.4 Å². The van der Waals surface area contributed by atoms with Gasteiger partial charge in [-0.15, -0.1) is 0 Å². The van der Waals surface area contributed by atoms with Gasteiger partial charge in [0, 0.05) is 0 Å². The number of para-hydroxylation sites is 1. The quantitative estimate of drug-likeness (QED) is 0.266. The number of nitrogen functional groups attached to an aromatic ring is 2. The van der Waals surface area contributed by atoms with Gasteiger partial charge in [-0.2, -0.15) is 0 Å². The van der Waals surface area contributed by atoms with E-state index in [1.54, 1.807) is 0 Å². The zero-order chi connectivity index (χ0) is 12.3. The van der Waals surface area contributed by atoms with Crippen LogP contribution in [0.4, 0.5) is 11.4 Å². The summed E-state index contributed by atoms with van der Waals surface area (Å²) in [5.41, 5.74) is 11.5. The van der Waals surface area contributed by atoms with E-state index in [2.05, 4.69) is 5.32 Å². The Morgan fingerprint density at radius 2 is 1.94 bits per heavy atom. The first-order chi connectivity index (χ1) is 7.31. The van der Waals surface area contributed by atoms with Crippen LogP contribution in [0.3, 0.4) is 0 Å². The molecule has 1 aromatic carbocycles. The van der Waals surface area contributed by atoms with E-state index in [-0.39, 0.29) is 16.9 Å². The molecule has 1 amide bonds. The predicted molar refractivity (Wildman–Crippen MR) is 57.0 cm³/mol. The number of benzene rings is 1. The molecule has 8 N–H and O–H groups in total. The van der Waals surface area contributed by atoms with E-state index in [0.717, 1.165) is 0 Å². The van der Waals surface area contributed by atoms with Gasteiger partial charge in [-0.3, -0.25) is 4.79 Å². The van der Waals surface area contributed by atoms with Gasteiger partial charge in [0.1, 0.15) is 0 Å². The van der Waals surface area contributed by atoms with Crippen molar-refractivity contribution in [1.29, 1.82) is 0 Å². The van der Waals surface area contributed by atoms with Gasteiger partial charge in [-0.05, 0) is 12.1 Å². The fraction of sp³-hybridized carbons (Fsp3) is 0.222. The lowest BCUT2D eigenvalue weighted by molar-refractivity contribution is -0.305. The molecule has 0 atom stereocenters. The summed E-state index contributed by atoms with van der Waals surface area (Å²) in [4.78, 5) is 11.5. The first-order valence-electron chi connectivity index (χ1n) is 4.40. The minimum atomic E-state index is -2.95. The van der Waals surface area contributed by atoms with Gasteiger partial charge in [-0.25, -0.2) is 0 Å². The van der Waals surface area contributed by atoms with Crippen LogP contribution in [0.25, 0.3) is 0 Å². The molecule has 0 fully saturated rings. The monoisotopic (exact) mass is 227 g/mol. The summed E-state index contributed by atoms with van der Waals surface area (Å²) in [5, 5.41) is 27.8. The molecule has 1 aromatic rings. The van der Waals surface area contributed by atoms with Crippen molar-refractivity contribution in [3.05, 3.63) is 23.8 Å². The van der Waals surface area contributed by atoms with Crippen LogP contribution >= 0.6 is 0 Å². The SMILES string of the molecule is Nc1cccc(C(=O)NCC(O)(O)O)c1N. The van der Waals surface area contributed by atoms with Crippen molar-refractivity contribution in [3.63, 3.8) is 0 Å². The Morgan fingerprint density at radius 3 is 2.50 bits per heavy atom. The number of carbonyl (C=O) groups is 1. The number of carbonyl (C=O) groups excluding carboxylic acids is 1. The van der Waals surface area contributed by atoms with Gasteiger partial charge in [-0.1, -0.05) is 6.07 Å². The van der Waals surface area contributed by atoms with Crippen molar-refractivity contribution >= 4 is 17.3 Å². The number of hydrogen-bond acceptors (Lipinski definition) is 6. The molecule has 0 aromatic heterocycles.